The minimum Gasteiger partial charge on any atom is -0.444 e. The smallest absolute Gasteiger partial charge is 0.407 e. The molecular weight excluding hydrogens is 488 g/mol. The number of benzene rings is 1. The zero-order valence-corrected chi connectivity index (χ0v) is 23.1. The summed E-state index contributed by atoms with van der Waals surface area (Å²) >= 11 is 5.18. The molecule has 0 aliphatic heterocycles. The Hall–Kier alpha value is -2.61. The van der Waals surface area contributed by atoms with Gasteiger partial charge in [0, 0.05) is 53.9 Å². The van der Waals surface area contributed by atoms with Gasteiger partial charge in [-0.2, -0.15) is 0 Å². The molecule has 1 fully saturated rings. The highest BCUT2D eigenvalue weighted by Crippen LogP contribution is 2.38. The number of hydrogen-bond donors (Lipinski definition) is 2. The first-order chi connectivity index (χ1) is 17.6. The van der Waals surface area contributed by atoms with Crippen LogP contribution < -0.4 is 10.6 Å². The Bertz CT molecular complexity index is 1030. The molecule has 2 aliphatic rings. The van der Waals surface area contributed by atoms with Crippen molar-refractivity contribution in [3.63, 3.8) is 0 Å². The van der Waals surface area contributed by atoms with Gasteiger partial charge in [-0.15, -0.1) is 0 Å². The van der Waals surface area contributed by atoms with Crippen molar-refractivity contribution < 1.29 is 23.9 Å². The maximum absolute atomic E-state index is 13.3. The van der Waals surface area contributed by atoms with E-state index in [0.717, 1.165) is 49.9 Å². The fraction of sp³-hybridized carbons (Fsp3) is 0.621. The first-order valence-corrected chi connectivity index (χ1v) is 13.9. The number of nitrogens with one attached hydrogen (secondary N) is 2. The van der Waals surface area contributed by atoms with E-state index in [2.05, 4.69) is 10.6 Å². The molecule has 1 aromatic rings. The molecule has 1 amide bonds. The van der Waals surface area contributed by atoms with Crippen LogP contribution in [0.25, 0.3) is 0 Å². The predicted molar refractivity (Wildman–Crippen MR) is 149 cm³/mol. The summed E-state index contributed by atoms with van der Waals surface area (Å²) in [6, 6.07) is 5.37. The maximum Gasteiger partial charge on any atom is 0.407 e. The third kappa shape index (κ3) is 8.45. The second kappa shape index (κ2) is 13.3. The quantitative estimate of drug-likeness (QED) is 0.265. The highest BCUT2D eigenvalue weighted by Gasteiger charge is 2.42. The van der Waals surface area contributed by atoms with Crippen molar-refractivity contribution >= 4 is 46.2 Å². The summed E-state index contributed by atoms with van der Waals surface area (Å²) in [6.45, 7) is 6.88. The number of thiocarbonyl (C=S) groups is 1. The van der Waals surface area contributed by atoms with Gasteiger partial charge in [0.05, 0.1) is 5.56 Å². The number of ketones is 3. The van der Waals surface area contributed by atoms with Crippen LogP contribution in [0.5, 0.6) is 0 Å². The highest BCUT2D eigenvalue weighted by atomic mass is 32.1. The minimum atomic E-state index is -0.565. The molecule has 0 spiro atoms. The van der Waals surface area contributed by atoms with Crippen molar-refractivity contribution in [3.8, 4) is 0 Å². The van der Waals surface area contributed by atoms with Gasteiger partial charge >= 0.3 is 6.09 Å². The minimum absolute atomic E-state index is 0.000525. The van der Waals surface area contributed by atoms with Gasteiger partial charge in [0.2, 0.25) is 0 Å². The average molecular weight is 529 g/mol. The van der Waals surface area contributed by atoms with E-state index < -0.39 is 17.4 Å². The standard InChI is InChI=1S/C29H40N2O5S/c1-29(2,3)36-28(35)31-16-9-7-5-4-6-8-15-30-23-12-10-11-21-26(23)25(33)18-22(27(21)34)20-14-13-19(37)17-24(20)32/h10-12,20,22,30H,4-9,13-18H2,1-3H3,(H,31,35). The number of Topliss-reactive ketones (excluding diaryl/α,β-unsaturated/α-hetero) is 3. The van der Waals surface area contributed by atoms with E-state index in [1.807, 2.05) is 26.8 Å². The van der Waals surface area contributed by atoms with Gasteiger partial charge in [-0.05, 0) is 52.5 Å². The van der Waals surface area contributed by atoms with Crippen LogP contribution in [0, 0.1) is 11.8 Å². The molecule has 37 heavy (non-hydrogen) atoms. The monoisotopic (exact) mass is 528 g/mol. The number of alkyl carbamates (subject to hydrolysis) is 1. The maximum atomic E-state index is 13.3. The summed E-state index contributed by atoms with van der Waals surface area (Å²) in [5, 5.41) is 6.14. The van der Waals surface area contributed by atoms with E-state index in [-0.39, 0.29) is 36.3 Å². The number of rotatable bonds is 11. The van der Waals surface area contributed by atoms with Crippen molar-refractivity contribution in [1.82, 2.24) is 5.32 Å². The third-order valence-electron chi connectivity index (χ3n) is 6.94. The Kier molecular flexibility index (Phi) is 10.4. The molecule has 2 atom stereocenters. The van der Waals surface area contributed by atoms with Crippen LogP contribution in [0.2, 0.25) is 0 Å². The van der Waals surface area contributed by atoms with Gasteiger partial charge in [-0.3, -0.25) is 14.4 Å². The van der Waals surface area contributed by atoms with Gasteiger partial charge in [0.25, 0.3) is 0 Å². The van der Waals surface area contributed by atoms with Crippen LogP contribution in [0.4, 0.5) is 10.5 Å². The lowest BCUT2D eigenvalue weighted by Gasteiger charge is -2.32. The zero-order chi connectivity index (χ0) is 27.0. The summed E-state index contributed by atoms with van der Waals surface area (Å²) in [5.41, 5.74) is 1.14. The predicted octanol–water partition coefficient (Wildman–Crippen LogP) is 6.09. The molecule has 0 radical (unpaired) electrons. The Labute approximate surface area is 225 Å². The number of ether oxygens (including phenoxy) is 1. The molecule has 8 heteroatoms. The topological polar surface area (TPSA) is 102 Å². The summed E-state index contributed by atoms with van der Waals surface area (Å²) in [6.07, 6.45) is 7.37. The number of unbranched alkanes of at least 4 members (excludes halogenated alkanes) is 5. The molecular formula is C29H40N2O5S. The Morgan fingerprint density at radius 3 is 2.35 bits per heavy atom. The van der Waals surface area contributed by atoms with Crippen LogP contribution in [-0.4, -0.2) is 47.0 Å². The lowest BCUT2D eigenvalue weighted by Crippen LogP contribution is -2.39. The van der Waals surface area contributed by atoms with Crippen LogP contribution in [0.3, 0.4) is 0 Å². The molecule has 3 rings (SSSR count). The Balaban J connectivity index is 1.39. The van der Waals surface area contributed by atoms with E-state index in [0.29, 0.717) is 36.2 Å². The van der Waals surface area contributed by atoms with Gasteiger partial charge in [-0.1, -0.05) is 50.0 Å². The molecule has 7 nitrogen and oxygen atoms in total. The molecule has 2 N–H and O–H groups in total. The molecule has 0 heterocycles. The summed E-state index contributed by atoms with van der Waals surface area (Å²) in [7, 11) is 0. The second-order valence-corrected chi connectivity index (χ2v) is 11.7. The van der Waals surface area contributed by atoms with Gasteiger partial charge in [-0.25, -0.2) is 4.79 Å². The lowest BCUT2D eigenvalue weighted by atomic mass is 9.70. The van der Waals surface area contributed by atoms with Crippen LogP contribution in [-0.2, 0) is 9.53 Å². The van der Waals surface area contributed by atoms with E-state index >= 15 is 0 Å². The molecule has 1 saturated carbocycles. The number of carbonyl (C=O) groups excluding carboxylic acids is 4. The van der Waals surface area contributed by atoms with Crippen molar-refractivity contribution in [2.75, 3.05) is 18.4 Å². The average Bonchev–Trinajstić information content (AvgIpc) is 2.81. The van der Waals surface area contributed by atoms with Gasteiger partial charge < -0.3 is 15.4 Å². The summed E-state index contributed by atoms with van der Waals surface area (Å²) in [4.78, 5) is 51.2. The molecule has 2 aliphatic carbocycles. The molecule has 202 valence electrons. The number of carbonyl (C=O) groups is 4. The molecule has 0 saturated heterocycles. The molecule has 0 bridgehead atoms. The second-order valence-electron chi connectivity index (χ2n) is 11.1. The summed E-state index contributed by atoms with van der Waals surface area (Å²) < 4.78 is 5.22. The van der Waals surface area contributed by atoms with Crippen LogP contribution >= 0.6 is 12.2 Å². The third-order valence-corrected chi connectivity index (χ3v) is 7.29. The van der Waals surface area contributed by atoms with Crippen molar-refractivity contribution in [1.29, 1.82) is 0 Å². The van der Waals surface area contributed by atoms with Gasteiger partial charge in [0.15, 0.2) is 11.6 Å². The Morgan fingerprint density at radius 1 is 1.00 bits per heavy atom. The largest absolute Gasteiger partial charge is 0.444 e. The number of anilines is 1. The van der Waals surface area contributed by atoms with E-state index in [9.17, 15) is 19.2 Å². The fourth-order valence-corrected chi connectivity index (χ4v) is 5.39. The molecule has 0 aromatic heterocycles. The van der Waals surface area contributed by atoms with E-state index in [1.165, 1.54) is 0 Å². The number of amides is 1. The molecule has 1 aromatic carbocycles. The van der Waals surface area contributed by atoms with Crippen molar-refractivity contribution in [2.45, 2.75) is 90.6 Å². The van der Waals surface area contributed by atoms with Crippen LogP contribution in [0.15, 0.2) is 18.2 Å². The Morgan fingerprint density at radius 2 is 1.68 bits per heavy atom. The first-order valence-electron chi connectivity index (χ1n) is 13.5. The summed E-state index contributed by atoms with van der Waals surface area (Å²) in [5.74, 6) is -1.13. The van der Waals surface area contributed by atoms with Crippen LogP contribution in [0.1, 0.15) is 106 Å². The van der Waals surface area contributed by atoms with Crippen molar-refractivity contribution in [2.24, 2.45) is 11.8 Å². The number of hydrogen-bond acceptors (Lipinski definition) is 7. The molecule has 2 unspecified atom stereocenters. The SMILES string of the molecule is CC(C)(C)OC(=O)NCCCCCCCCNc1cccc2c1C(=O)CC(C1CCC(=S)CC1=O)C2=O. The normalized spacial score (nSPS) is 20.0. The van der Waals surface area contributed by atoms with E-state index in [4.69, 9.17) is 17.0 Å². The number of fused-ring (bicyclic) bond motifs is 1. The fourth-order valence-electron chi connectivity index (χ4n) is 5.13. The first kappa shape index (κ1) is 29.0. The lowest BCUT2D eigenvalue weighted by molar-refractivity contribution is -0.123. The zero-order valence-electron chi connectivity index (χ0n) is 22.3. The van der Waals surface area contributed by atoms with E-state index in [1.54, 1.807) is 12.1 Å². The van der Waals surface area contributed by atoms with Gasteiger partial charge in [0.1, 0.15) is 11.4 Å². The van der Waals surface area contributed by atoms with Crippen molar-refractivity contribution in [3.05, 3.63) is 29.3 Å². The highest BCUT2D eigenvalue weighted by molar-refractivity contribution is 7.80.